The highest BCUT2D eigenvalue weighted by Gasteiger charge is 2.29. The Hall–Kier alpha value is -0.870. The van der Waals surface area contributed by atoms with E-state index in [9.17, 15) is 5.11 Å². The van der Waals surface area contributed by atoms with E-state index in [0.29, 0.717) is 6.42 Å². The molecule has 1 fully saturated rings. The molecule has 72 valence electrons. The summed E-state index contributed by atoms with van der Waals surface area (Å²) in [6.45, 7) is 2.14. The van der Waals surface area contributed by atoms with Gasteiger partial charge in [-0.15, -0.1) is 0 Å². The van der Waals surface area contributed by atoms with Crippen LogP contribution in [0.25, 0.3) is 0 Å². The highest BCUT2D eigenvalue weighted by molar-refractivity contribution is 5.95. The average molecular weight is 181 g/mol. The molecule has 0 saturated carbocycles. The number of nitrogens with zero attached hydrogens (tertiary/aromatic N) is 2. The molecular formula is C9H15N3O. The fourth-order valence-corrected chi connectivity index (χ4v) is 1.69. The second kappa shape index (κ2) is 3.47. The normalized spacial score (nSPS) is 31.8. The Bertz CT molecular complexity index is 249. The van der Waals surface area contributed by atoms with Crippen LogP contribution in [0.2, 0.25) is 0 Å². The van der Waals surface area contributed by atoms with Gasteiger partial charge in [0.15, 0.2) is 0 Å². The first-order valence-corrected chi connectivity index (χ1v) is 4.77. The molecular weight excluding hydrogens is 166 g/mol. The van der Waals surface area contributed by atoms with Gasteiger partial charge in [0.2, 0.25) is 0 Å². The Morgan fingerprint density at radius 2 is 2.62 bits per heavy atom. The Kier molecular flexibility index (Phi) is 2.33. The lowest BCUT2D eigenvalue weighted by atomic mass is 10.2. The number of rotatable bonds is 2. The van der Waals surface area contributed by atoms with E-state index in [1.807, 2.05) is 17.3 Å². The number of hydrogen-bond acceptors (Lipinski definition) is 4. The number of hydrogen-bond donors (Lipinski definition) is 2. The second-order valence-corrected chi connectivity index (χ2v) is 3.45. The summed E-state index contributed by atoms with van der Waals surface area (Å²) < 4.78 is 0. The lowest BCUT2D eigenvalue weighted by molar-refractivity contribution is 0.122. The van der Waals surface area contributed by atoms with E-state index in [1.165, 1.54) is 0 Å². The van der Waals surface area contributed by atoms with E-state index in [2.05, 4.69) is 17.3 Å². The molecule has 2 aliphatic heterocycles. The van der Waals surface area contributed by atoms with E-state index < -0.39 is 6.23 Å². The molecule has 0 aromatic rings. The van der Waals surface area contributed by atoms with Crippen molar-refractivity contribution in [3.05, 3.63) is 12.3 Å². The van der Waals surface area contributed by atoms with E-state index in [4.69, 9.17) is 0 Å². The molecule has 0 bridgehead atoms. The smallest absolute Gasteiger partial charge is 0.139 e. The van der Waals surface area contributed by atoms with Gasteiger partial charge >= 0.3 is 0 Å². The molecule has 2 unspecified atom stereocenters. The molecule has 2 atom stereocenters. The van der Waals surface area contributed by atoms with Crippen LogP contribution in [0.15, 0.2) is 17.3 Å². The third-order valence-electron chi connectivity index (χ3n) is 2.30. The number of allylic oxidation sites excluding steroid dienone is 1. The van der Waals surface area contributed by atoms with Crippen LogP contribution in [0.4, 0.5) is 0 Å². The zero-order chi connectivity index (χ0) is 9.26. The first-order chi connectivity index (χ1) is 6.29. The van der Waals surface area contributed by atoms with Crippen LogP contribution in [0.1, 0.15) is 26.2 Å². The van der Waals surface area contributed by atoms with Crippen molar-refractivity contribution in [3.8, 4) is 0 Å². The molecule has 0 aromatic heterocycles. The summed E-state index contributed by atoms with van der Waals surface area (Å²) in [6, 6.07) is 0. The van der Waals surface area contributed by atoms with Gasteiger partial charge in [-0.05, 0) is 12.5 Å². The van der Waals surface area contributed by atoms with Crippen molar-refractivity contribution in [3.63, 3.8) is 0 Å². The average Bonchev–Trinajstić information content (AvgIpc) is 2.44. The Morgan fingerprint density at radius 1 is 1.77 bits per heavy atom. The molecule has 2 heterocycles. The van der Waals surface area contributed by atoms with Gasteiger partial charge in [-0.2, -0.15) is 0 Å². The van der Waals surface area contributed by atoms with Crippen molar-refractivity contribution >= 4 is 5.71 Å². The van der Waals surface area contributed by atoms with Gasteiger partial charge < -0.3 is 5.11 Å². The van der Waals surface area contributed by atoms with Gasteiger partial charge in [0.05, 0.1) is 0 Å². The zero-order valence-corrected chi connectivity index (χ0v) is 7.77. The van der Waals surface area contributed by atoms with E-state index in [-0.39, 0.29) is 6.17 Å². The first kappa shape index (κ1) is 8.72. The van der Waals surface area contributed by atoms with Crippen molar-refractivity contribution in [2.75, 3.05) is 0 Å². The maximum atomic E-state index is 9.32. The quantitative estimate of drug-likeness (QED) is 0.656. The van der Waals surface area contributed by atoms with Crippen LogP contribution in [0.3, 0.4) is 0 Å². The molecule has 2 rings (SSSR count). The van der Waals surface area contributed by atoms with Gasteiger partial charge in [-0.25, -0.2) is 5.43 Å². The van der Waals surface area contributed by atoms with Crippen molar-refractivity contribution in [1.82, 2.24) is 10.4 Å². The number of fused-ring (bicyclic) bond motifs is 1. The predicted octanol–water partition coefficient (Wildman–Crippen LogP) is 0.610. The van der Waals surface area contributed by atoms with E-state index in [0.717, 1.165) is 18.6 Å². The summed E-state index contributed by atoms with van der Waals surface area (Å²) in [5.41, 5.74) is 4.05. The third kappa shape index (κ3) is 1.73. The molecule has 0 aliphatic carbocycles. The number of nitrogens with one attached hydrogen (secondary N) is 1. The summed E-state index contributed by atoms with van der Waals surface area (Å²) in [5, 5.41) is 11.2. The first-order valence-electron chi connectivity index (χ1n) is 4.77. The lowest BCUT2D eigenvalue weighted by Gasteiger charge is -2.22. The molecule has 0 radical (unpaired) electrons. The van der Waals surface area contributed by atoms with Gasteiger partial charge in [-0.3, -0.25) is 10.0 Å². The molecule has 0 aromatic carbocycles. The van der Waals surface area contributed by atoms with Crippen molar-refractivity contribution in [2.45, 2.75) is 38.6 Å². The highest BCUT2D eigenvalue weighted by Crippen LogP contribution is 2.19. The van der Waals surface area contributed by atoms with Gasteiger partial charge in [0.1, 0.15) is 12.4 Å². The van der Waals surface area contributed by atoms with Crippen molar-refractivity contribution in [2.24, 2.45) is 4.99 Å². The van der Waals surface area contributed by atoms with E-state index in [1.54, 1.807) is 0 Å². The maximum Gasteiger partial charge on any atom is 0.139 e. The van der Waals surface area contributed by atoms with Gasteiger partial charge in [0, 0.05) is 18.3 Å². The second-order valence-electron chi connectivity index (χ2n) is 3.45. The van der Waals surface area contributed by atoms with Crippen molar-refractivity contribution < 1.29 is 5.11 Å². The molecule has 4 heteroatoms. The van der Waals surface area contributed by atoms with Gasteiger partial charge in [0.25, 0.3) is 0 Å². The number of aliphatic hydroxyl groups is 1. The van der Waals surface area contributed by atoms with Crippen LogP contribution in [-0.4, -0.2) is 28.2 Å². The molecule has 2 N–H and O–H groups in total. The third-order valence-corrected chi connectivity index (χ3v) is 2.30. The zero-order valence-electron chi connectivity index (χ0n) is 7.77. The summed E-state index contributed by atoms with van der Waals surface area (Å²) >= 11 is 0. The Morgan fingerprint density at radius 3 is 3.38 bits per heavy atom. The minimum absolute atomic E-state index is 0.0987. The standard InChI is InChI=1S/C9H15N3O/c1-2-3-7-4-5-12-8(10-7)6-9(13)11-12/h4-5,8-9,11,13H,2-3,6H2,1H3. The highest BCUT2D eigenvalue weighted by atomic mass is 16.3. The fraction of sp³-hybridized carbons (Fsp3) is 0.667. The minimum Gasteiger partial charge on any atom is -0.377 e. The van der Waals surface area contributed by atoms with Crippen LogP contribution < -0.4 is 5.43 Å². The molecule has 0 amide bonds. The molecule has 2 aliphatic rings. The molecule has 1 saturated heterocycles. The summed E-state index contributed by atoms with van der Waals surface area (Å²) in [6.07, 6.45) is 6.44. The largest absolute Gasteiger partial charge is 0.377 e. The lowest BCUT2D eigenvalue weighted by Crippen LogP contribution is -2.36. The van der Waals surface area contributed by atoms with Gasteiger partial charge in [-0.1, -0.05) is 13.3 Å². The van der Waals surface area contributed by atoms with Crippen molar-refractivity contribution in [1.29, 1.82) is 0 Å². The summed E-state index contributed by atoms with van der Waals surface area (Å²) in [7, 11) is 0. The van der Waals surface area contributed by atoms with Crippen LogP contribution in [0, 0.1) is 0 Å². The van der Waals surface area contributed by atoms with Crippen LogP contribution in [-0.2, 0) is 0 Å². The summed E-state index contributed by atoms with van der Waals surface area (Å²) in [4.78, 5) is 4.52. The maximum absolute atomic E-state index is 9.32. The number of aliphatic hydroxyl groups excluding tert-OH is 1. The van der Waals surface area contributed by atoms with Crippen LogP contribution >= 0.6 is 0 Å². The summed E-state index contributed by atoms with van der Waals surface area (Å²) in [5.74, 6) is 0. The number of hydrazine groups is 1. The predicted molar refractivity (Wildman–Crippen MR) is 50.9 cm³/mol. The van der Waals surface area contributed by atoms with Crippen LogP contribution in [0.5, 0.6) is 0 Å². The molecule has 0 spiro atoms. The minimum atomic E-state index is -0.445. The SMILES string of the molecule is CCCC1=NC2CC(O)NN2C=C1. The van der Waals surface area contributed by atoms with E-state index >= 15 is 0 Å². The topological polar surface area (TPSA) is 47.9 Å². The number of aliphatic imine (C=N–C) groups is 1. The monoisotopic (exact) mass is 181 g/mol. The Labute approximate surface area is 77.9 Å². The molecule has 4 nitrogen and oxygen atoms in total. The fourth-order valence-electron chi connectivity index (χ4n) is 1.69. The Balaban J connectivity index is 2.05. The molecule has 13 heavy (non-hydrogen) atoms.